The number of anilines is 1. The number of hydrogen-bond acceptors (Lipinski definition) is 4. The van der Waals surface area contributed by atoms with Crippen LogP contribution in [0.3, 0.4) is 0 Å². The standard InChI is InChI=1S/C22H20BrN5O2/c1-14(2)12-28-22(30)17-8-4-3-7-16(17)20(26-28)21(29)25-18-9-5-6-10-19(18)27-13-15(23)11-24-27/h3-11,13-14H,12H2,1-2H3,(H,25,29). The molecule has 0 saturated heterocycles. The molecule has 4 aromatic rings. The fourth-order valence-corrected chi connectivity index (χ4v) is 3.55. The average Bonchev–Trinajstić information content (AvgIpc) is 3.16. The van der Waals surface area contributed by atoms with Crippen LogP contribution < -0.4 is 10.9 Å². The highest BCUT2D eigenvalue weighted by Crippen LogP contribution is 2.23. The number of halogens is 1. The Morgan fingerprint density at radius 1 is 1.10 bits per heavy atom. The number of para-hydroxylation sites is 2. The zero-order valence-electron chi connectivity index (χ0n) is 16.5. The van der Waals surface area contributed by atoms with Crippen LogP contribution in [-0.4, -0.2) is 25.5 Å². The van der Waals surface area contributed by atoms with Gasteiger partial charge < -0.3 is 5.32 Å². The minimum atomic E-state index is -0.387. The maximum atomic E-state index is 13.2. The maximum absolute atomic E-state index is 13.2. The van der Waals surface area contributed by atoms with E-state index in [-0.39, 0.29) is 23.1 Å². The summed E-state index contributed by atoms with van der Waals surface area (Å²) in [6.07, 6.45) is 3.48. The molecule has 2 heterocycles. The van der Waals surface area contributed by atoms with E-state index in [0.29, 0.717) is 23.0 Å². The molecule has 2 aromatic heterocycles. The SMILES string of the molecule is CC(C)Cn1nc(C(=O)Nc2ccccc2-n2cc(Br)cn2)c2ccccc2c1=O. The predicted octanol–water partition coefficient (Wildman–Crippen LogP) is 4.25. The molecular formula is C22H20BrN5O2. The maximum Gasteiger partial charge on any atom is 0.276 e. The molecule has 1 N–H and O–H groups in total. The van der Waals surface area contributed by atoms with Gasteiger partial charge in [0, 0.05) is 18.1 Å². The Labute approximate surface area is 181 Å². The summed E-state index contributed by atoms with van der Waals surface area (Å²) >= 11 is 3.39. The highest BCUT2D eigenvalue weighted by atomic mass is 79.9. The summed E-state index contributed by atoms with van der Waals surface area (Å²) in [7, 11) is 0. The first-order valence-electron chi connectivity index (χ1n) is 9.55. The number of hydrogen-bond donors (Lipinski definition) is 1. The topological polar surface area (TPSA) is 81.8 Å². The lowest BCUT2D eigenvalue weighted by Gasteiger charge is -2.14. The van der Waals surface area contributed by atoms with E-state index in [1.165, 1.54) is 4.68 Å². The van der Waals surface area contributed by atoms with Crippen molar-refractivity contribution in [3.05, 3.63) is 81.4 Å². The zero-order chi connectivity index (χ0) is 21.3. The summed E-state index contributed by atoms with van der Waals surface area (Å²) in [5.74, 6) is -0.173. The third-order valence-electron chi connectivity index (χ3n) is 4.57. The minimum absolute atomic E-state index is 0.197. The molecule has 30 heavy (non-hydrogen) atoms. The summed E-state index contributed by atoms with van der Waals surface area (Å²) in [4.78, 5) is 26.0. The van der Waals surface area contributed by atoms with Crippen molar-refractivity contribution in [2.45, 2.75) is 20.4 Å². The van der Waals surface area contributed by atoms with Crippen LogP contribution in [0.1, 0.15) is 24.3 Å². The van der Waals surface area contributed by atoms with Crippen molar-refractivity contribution in [3.8, 4) is 5.69 Å². The van der Waals surface area contributed by atoms with E-state index in [4.69, 9.17) is 0 Å². The second-order valence-electron chi connectivity index (χ2n) is 7.35. The number of carbonyl (C=O) groups is 1. The fraction of sp³-hybridized carbons (Fsp3) is 0.182. The summed E-state index contributed by atoms with van der Waals surface area (Å²) < 4.78 is 3.88. The number of carbonyl (C=O) groups excluding carboxylic acids is 1. The number of aromatic nitrogens is 4. The average molecular weight is 466 g/mol. The van der Waals surface area contributed by atoms with Gasteiger partial charge in [0.15, 0.2) is 5.69 Å². The van der Waals surface area contributed by atoms with E-state index in [1.54, 1.807) is 47.4 Å². The number of fused-ring (bicyclic) bond motifs is 1. The Balaban J connectivity index is 1.78. The van der Waals surface area contributed by atoms with Gasteiger partial charge in [0.05, 0.1) is 27.4 Å². The Morgan fingerprint density at radius 3 is 2.50 bits per heavy atom. The van der Waals surface area contributed by atoms with Gasteiger partial charge in [-0.15, -0.1) is 0 Å². The second-order valence-corrected chi connectivity index (χ2v) is 8.27. The third-order valence-corrected chi connectivity index (χ3v) is 4.98. The molecule has 1 amide bonds. The summed E-state index contributed by atoms with van der Waals surface area (Å²) in [5.41, 5.74) is 1.32. The summed E-state index contributed by atoms with van der Waals surface area (Å²) in [6, 6.07) is 14.4. The first-order chi connectivity index (χ1) is 14.4. The van der Waals surface area contributed by atoms with E-state index in [1.807, 2.05) is 32.0 Å². The van der Waals surface area contributed by atoms with Crippen molar-refractivity contribution in [2.75, 3.05) is 5.32 Å². The summed E-state index contributed by atoms with van der Waals surface area (Å²) in [5, 5.41) is 12.6. The summed E-state index contributed by atoms with van der Waals surface area (Å²) in [6.45, 7) is 4.44. The van der Waals surface area contributed by atoms with Gasteiger partial charge in [-0.25, -0.2) is 9.36 Å². The van der Waals surface area contributed by atoms with Crippen LogP contribution in [0.5, 0.6) is 0 Å². The first-order valence-corrected chi connectivity index (χ1v) is 10.3. The molecular weight excluding hydrogens is 446 g/mol. The van der Waals surface area contributed by atoms with E-state index >= 15 is 0 Å². The molecule has 0 bridgehead atoms. The molecule has 2 aromatic carbocycles. The van der Waals surface area contributed by atoms with Crippen molar-refractivity contribution in [1.82, 2.24) is 19.6 Å². The highest BCUT2D eigenvalue weighted by Gasteiger charge is 2.18. The molecule has 0 atom stereocenters. The molecule has 0 aliphatic rings. The van der Waals surface area contributed by atoms with E-state index in [2.05, 4.69) is 31.4 Å². The normalized spacial score (nSPS) is 11.2. The third kappa shape index (κ3) is 3.91. The number of amides is 1. The van der Waals surface area contributed by atoms with Gasteiger partial charge in [-0.05, 0) is 40.0 Å². The molecule has 8 heteroatoms. The Hall–Kier alpha value is -3.26. The Bertz CT molecular complexity index is 1290. The van der Waals surface area contributed by atoms with Crippen LogP contribution in [0.15, 0.2) is 70.2 Å². The molecule has 152 valence electrons. The highest BCUT2D eigenvalue weighted by molar-refractivity contribution is 9.10. The number of nitrogens with one attached hydrogen (secondary N) is 1. The van der Waals surface area contributed by atoms with Crippen LogP contribution in [0.4, 0.5) is 5.69 Å². The van der Waals surface area contributed by atoms with Crippen molar-refractivity contribution in [3.63, 3.8) is 0 Å². The minimum Gasteiger partial charge on any atom is -0.319 e. The van der Waals surface area contributed by atoms with Crippen molar-refractivity contribution >= 4 is 38.3 Å². The fourth-order valence-electron chi connectivity index (χ4n) is 3.27. The molecule has 0 saturated carbocycles. The van der Waals surface area contributed by atoms with Gasteiger partial charge in [-0.1, -0.05) is 44.2 Å². The molecule has 0 aliphatic carbocycles. The molecule has 0 unspecified atom stereocenters. The zero-order valence-corrected chi connectivity index (χ0v) is 18.1. The lowest BCUT2D eigenvalue weighted by Crippen LogP contribution is -2.29. The molecule has 0 aliphatic heterocycles. The van der Waals surface area contributed by atoms with Crippen LogP contribution in [0.2, 0.25) is 0 Å². The smallest absolute Gasteiger partial charge is 0.276 e. The first kappa shape index (κ1) is 20.0. The van der Waals surface area contributed by atoms with Crippen molar-refractivity contribution < 1.29 is 4.79 Å². The van der Waals surface area contributed by atoms with Crippen LogP contribution in [0, 0.1) is 5.92 Å². The van der Waals surface area contributed by atoms with Gasteiger partial charge in [-0.2, -0.15) is 10.2 Å². The van der Waals surface area contributed by atoms with Crippen LogP contribution in [-0.2, 0) is 6.54 Å². The van der Waals surface area contributed by atoms with Gasteiger partial charge in [0.25, 0.3) is 11.5 Å². The molecule has 0 fully saturated rings. The van der Waals surface area contributed by atoms with E-state index in [9.17, 15) is 9.59 Å². The van der Waals surface area contributed by atoms with Gasteiger partial charge >= 0.3 is 0 Å². The van der Waals surface area contributed by atoms with Crippen LogP contribution >= 0.6 is 15.9 Å². The van der Waals surface area contributed by atoms with Gasteiger partial charge in [0.2, 0.25) is 0 Å². The lowest BCUT2D eigenvalue weighted by atomic mass is 10.1. The number of benzene rings is 2. The van der Waals surface area contributed by atoms with Gasteiger partial charge in [-0.3, -0.25) is 9.59 Å². The monoisotopic (exact) mass is 465 g/mol. The molecule has 0 radical (unpaired) electrons. The lowest BCUT2D eigenvalue weighted by molar-refractivity contribution is 0.102. The molecule has 0 spiro atoms. The number of rotatable bonds is 5. The van der Waals surface area contributed by atoms with Crippen molar-refractivity contribution in [2.24, 2.45) is 5.92 Å². The number of nitrogens with zero attached hydrogens (tertiary/aromatic N) is 4. The Morgan fingerprint density at radius 2 is 1.80 bits per heavy atom. The predicted molar refractivity (Wildman–Crippen MR) is 120 cm³/mol. The van der Waals surface area contributed by atoms with E-state index in [0.717, 1.165) is 10.2 Å². The van der Waals surface area contributed by atoms with E-state index < -0.39 is 0 Å². The van der Waals surface area contributed by atoms with Crippen LogP contribution in [0.25, 0.3) is 16.5 Å². The molecule has 7 nitrogen and oxygen atoms in total. The quantitative estimate of drug-likeness (QED) is 0.477. The van der Waals surface area contributed by atoms with Crippen molar-refractivity contribution in [1.29, 1.82) is 0 Å². The Kier molecular flexibility index (Phi) is 5.50. The molecule has 4 rings (SSSR count). The second kappa shape index (κ2) is 8.23. The van der Waals surface area contributed by atoms with Gasteiger partial charge in [0.1, 0.15) is 0 Å². The largest absolute Gasteiger partial charge is 0.319 e.